The van der Waals surface area contributed by atoms with Gasteiger partial charge in [-0.3, -0.25) is 9.78 Å². The Morgan fingerprint density at radius 2 is 1.80 bits per heavy atom. The number of carbonyl (C=O) groups is 1. The molecule has 0 radical (unpaired) electrons. The molecule has 128 valence electrons. The molecule has 0 bridgehead atoms. The van der Waals surface area contributed by atoms with Crippen LogP contribution >= 0.6 is 0 Å². The van der Waals surface area contributed by atoms with Crippen molar-refractivity contribution in [3.63, 3.8) is 0 Å². The number of carbonyl (C=O) groups excluding carboxylic acids is 1. The molecule has 0 amide bonds. The van der Waals surface area contributed by atoms with E-state index in [4.69, 9.17) is 4.74 Å². The highest BCUT2D eigenvalue weighted by atomic mass is 16.5. The second kappa shape index (κ2) is 7.90. The van der Waals surface area contributed by atoms with Gasteiger partial charge in [-0.2, -0.15) is 0 Å². The fourth-order valence-electron chi connectivity index (χ4n) is 3.07. The molecule has 0 aliphatic rings. The zero-order valence-electron chi connectivity index (χ0n) is 14.5. The number of hydrogen-bond donors (Lipinski definition) is 1. The Kier molecular flexibility index (Phi) is 5.41. The predicted molar refractivity (Wildman–Crippen MR) is 99.1 cm³/mol. The molecule has 1 N–H and O–H groups in total. The van der Waals surface area contributed by atoms with Crippen molar-refractivity contribution in [2.75, 3.05) is 7.11 Å². The highest BCUT2D eigenvalue weighted by Gasteiger charge is 2.21. The van der Waals surface area contributed by atoms with Gasteiger partial charge in [0.25, 0.3) is 0 Å². The van der Waals surface area contributed by atoms with Crippen molar-refractivity contribution >= 4 is 16.7 Å². The van der Waals surface area contributed by atoms with Crippen molar-refractivity contribution in [1.29, 1.82) is 0 Å². The van der Waals surface area contributed by atoms with Crippen LogP contribution in [0.3, 0.4) is 0 Å². The van der Waals surface area contributed by atoms with Gasteiger partial charge in [-0.05, 0) is 23.4 Å². The summed E-state index contributed by atoms with van der Waals surface area (Å²) in [6.07, 6.45) is 3.93. The summed E-state index contributed by atoms with van der Waals surface area (Å²) < 4.78 is 4.90. The third-order valence-electron chi connectivity index (χ3n) is 4.42. The second-order valence-electron chi connectivity index (χ2n) is 6.08. The number of nitrogens with zero attached hydrogens (tertiary/aromatic N) is 1. The van der Waals surface area contributed by atoms with Gasteiger partial charge in [-0.15, -0.1) is 0 Å². The van der Waals surface area contributed by atoms with E-state index in [1.165, 1.54) is 12.7 Å². The van der Waals surface area contributed by atoms with E-state index < -0.39 is 0 Å². The molecule has 0 aliphatic heterocycles. The largest absolute Gasteiger partial charge is 0.469 e. The number of rotatable bonds is 6. The number of pyridine rings is 1. The highest BCUT2D eigenvalue weighted by Crippen LogP contribution is 2.28. The molecule has 3 aromatic rings. The van der Waals surface area contributed by atoms with E-state index in [-0.39, 0.29) is 24.5 Å². The van der Waals surface area contributed by atoms with Crippen LogP contribution in [-0.2, 0) is 9.53 Å². The zero-order valence-corrected chi connectivity index (χ0v) is 14.5. The van der Waals surface area contributed by atoms with E-state index in [1.807, 2.05) is 48.8 Å². The zero-order chi connectivity index (χ0) is 17.6. The van der Waals surface area contributed by atoms with Crippen LogP contribution in [-0.4, -0.2) is 18.1 Å². The van der Waals surface area contributed by atoms with Crippen LogP contribution in [0.2, 0.25) is 0 Å². The van der Waals surface area contributed by atoms with Crippen LogP contribution in [0.25, 0.3) is 10.8 Å². The van der Waals surface area contributed by atoms with Crippen molar-refractivity contribution in [3.8, 4) is 0 Å². The van der Waals surface area contributed by atoms with Gasteiger partial charge in [0, 0.05) is 29.9 Å². The molecule has 1 heterocycles. The number of hydrogen-bond acceptors (Lipinski definition) is 4. The summed E-state index contributed by atoms with van der Waals surface area (Å²) in [5.41, 5.74) is 2.18. The molecular formula is C21H22N2O2. The molecule has 2 aromatic carbocycles. The first-order valence-electron chi connectivity index (χ1n) is 8.39. The number of methoxy groups -OCH3 is 1. The SMILES string of the molecule is COC(=O)CC(NC(C)c1ccccc1)c1cncc2ccccc12. The summed E-state index contributed by atoms with van der Waals surface area (Å²) in [4.78, 5) is 16.3. The minimum absolute atomic E-state index is 0.0924. The molecule has 0 spiro atoms. The van der Waals surface area contributed by atoms with Crippen LogP contribution in [0.15, 0.2) is 67.0 Å². The van der Waals surface area contributed by atoms with Crippen molar-refractivity contribution in [3.05, 3.63) is 78.1 Å². The number of fused-ring (bicyclic) bond motifs is 1. The van der Waals surface area contributed by atoms with Gasteiger partial charge in [0.15, 0.2) is 0 Å². The Morgan fingerprint density at radius 3 is 2.56 bits per heavy atom. The molecule has 2 unspecified atom stereocenters. The van der Waals surface area contributed by atoms with E-state index in [0.717, 1.165) is 16.3 Å². The predicted octanol–water partition coefficient (Wildman–Crippen LogP) is 4.19. The van der Waals surface area contributed by atoms with Crippen molar-refractivity contribution in [2.45, 2.75) is 25.4 Å². The summed E-state index contributed by atoms with van der Waals surface area (Å²) in [7, 11) is 1.42. The van der Waals surface area contributed by atoms with Crippen LogP contribution in [0, 0.1) is 0 Å². The highest BCUT2D eigenvalue weighted by molar-refractivity contribution is 5.85. The topological polar surface area (TPSA) is 51.2 Å². The third-order valence-corrected chi connectivity index (χ3v) is 4.42. The molecule has 0 saturated carbocycles. The van der Waals surface area contributed by atoms with E-state index in [0.29, 0.717) is 0 Å². The number of esters is 1. The van der Waals surface area contributed by atoms with E-state index in [9.17, 15) is 4.79 Å². The van der Waals surface area contributed by atoms with Gasteiger partial charge in [0.1, 0.15) is 0 Å². The van der Waals surface area contributed by atoms with Gasteiger partial charge in [0.05, 0.1) is 13.5 Å². The van der Waals surface area contributed by atoms with Crippen molar-refractivity contribution < 1.29 is 9.53 Å². The van der Waals surface area contributed by atoms with Crippen molar-refractivity contribution in [2.24, 2.45) is 0 Å². The molecule has 25 heavy (non-hydrogen) atoms. The van der Waals surface area contributed by atoms with E-state index in [2.05, 4.69) is 35.4 Å². The molecule has 3 rings (SSSR count). The van der Waals surface area contributed by atoms with Gasteiger partial charge in [0.2, 0.25) is 0 Å². The number of aromatic nitrogens is 1. The number of ether oxygens (including phenoxy) is 1. The molecule has 2 atom stereocenters. The van der Waals surface area contributed by atoms with Gasteiger partial charge in [-0.1, -0.05) is 54.6 Å². The molecule has 0 aliphatic carbocycles. The molecular weight excluding hydrogens is 312 g/mol. The van der Waals surface area contributed by atoms with Crippen LogP contribution in [0.4, 0.5) is 0 Å². The van der Waals surface area contributed by atoms with Crippen LogP contribution < -0.4 is 5.32 Å². The quantitative estimate of drug-likeness (QED) is 0.687. The Bertz CT molecular complexity index is 843. The Labute approximate surface area is 147 Å². The molecule has 0 fully saturated rings. The lowest BCUT2D eigenvalue weighted by molar-refractivity contribution is -0.141. The number of nitrogens with one attached hydrogen (secondary N) is 1. The summed E-state index contributed by atoms with van der Waals surface area (Å²) >= 11 is 0. The van der Waals surface area contributed by atoms with Crippen LogP contribution in [0.5, 0.6) is 0 Å². The first-order valence-corrected chi connectivity index (χ1v) is 8.39. The fraction of sp³-hybridized carbons (Fsp3) is 0.238. The lowest BCUT2D eigenvalue weighted by Gasteiger charge is -2.24. The smallest absolute Gasteiger partial charge is 0.307 e. The first kappa shape index (κ1) is 17.1. The van der Waals surface area contributed by atoms with E-state index >= 15 is 0 Å². The van der Waals surface area contributed by atoms with Crippen molar-refractivity contribution in [1.82, 2.24) is 10.3 Å². The maximum atomic E-state index is 12.0. The minimum Gasteiger partial charge on any atom is -0.469 e. The van der Waals surface area contributed by atoms with Crippen LogP contribution in [0.1, 0.15) is 36.6 Å². The lowest BCUT2D eigenvalue weighted by Crippen LogP contribution is -2.27. The summed E-state index contributed by atoms with van der Waals surface area (Å²) in [5.74, 6) is -0.245. The average Bonchev–Trinajstić information content (AvgIpc) is 2.67. The minimum atomic E-state index is -0.245. The number of benzene rings is 2. The Hall–Kier alpha value is -2.72. The molecule has 1 aromatic heterocycles. The van der Waals surface area contributed by atoms with E-state index in [1.54, 1.807) is 0 Å². The van der Waals surface area contributed by atoms with Gasteiger partial charge in [-0.25, -0.2) is 0 Å². The Balaban J connectivity index is 1.95. The van der Waals surface area contributed by atoms with Gasteiger partial charge < -0.3 is 10.1 Å². The Morgan fingerprint density at radius 1 is 1.08 bits per heavy atom. The maximum Gasteiger partial charge on any atom is 0.307 e. The fourth-order valence-corrected chi connectivity index (χ4v) is 3.07. The first-order chi connectivity index (χ1) is 12.2. The lowest BCUT2D eigenvalue weighted by atomic mass is 9.97. The molecule has 4 nitrogen and oxygen atoms in total. The normalized spacial score (nSPS) is 13.4. The maximum absolute atomic E-state index is 12.0. The second-order valence-corrected chi connectivity index (χ2v) is 6.08. The summed E-state index contributed by atoms with van der Waals surface area (Å²) in [6, 6.07) is 18.2. The summed E-state index contributed by atoms with van der Waals surface area (Å²) in [5, 5.41) is 5.72. The molecule has 4 heteroatoms. The summed E-state index contributed by atoms with van der Waals surface area (Å²) in [6.45, 7) is 2.10. The standard InChI is InChI=1S/C21H22N2O2/c1-15(16-8-4-3-5-9-16)23-20(12-21(24)25-2)19-14-22-13-17-10-6-7-11-18(17)19/h3-11,13-15,20,23H,12H2,1-2H3. The van der Waals surface area contributed by atoms with Gasteiger partial charge >= 0.3 is 5.97 Å². The third kappa shape index (κ3) is 4.03. The average molecular weight is 334 g/mol. The monoisotopic (exact) mass is 334 g/mol. The molecule has 0 saturated heterocycles.